The van der Waals surface area contributed by atoms with E-state index in [-0.39, 0.29) is 5.56 Å². The van der Waals surface area contributed by atoms with Crippen LogP contribution in [0.1, 0.15) is 12.7 Å². The highest BCUT2D eigenvalue weighted by Gasteiger charge is 2.15. The number of thiophene rings is 1. The Morgan fingerprint density at radius 1 is 1.35 bits per heavy atom. The number of nitrogens with one attached hydrogen (secondary N) is 1. The highest BCUT2D eigenvalue weighted by Crippen LogP contribution is 2.30. The minimum Gasteiger partial charge on any atom is -0.392 e. The second kappa shape index (κ2) is 8.55. The largest absolute Gasteiger partial charge is 0.392 e. The van der Waals surface area contributed by atoms with Gasteiger partial charge in [-0.1, -0.05) is 30.3 Å². The Bertz CT molecular complexity index is 905. The summed E-state index contributed by atoms with van der Waals surface area (Å²) in [5.41, 5.74) is 1.79. The monoisotopic (exact) mass is 373 g/mol. The summed E-state index contributed by atoms with van der Waals surface area (Å²) < 4.78 is 5.12. The van der Waals surface area contributed by atoms with Crippen molar-refractivity contribution in [3.63, 3.8) is 0 Å². The molecule has 1 atom stereocenters. The van der Waals surface area contributed by atoms with E-state index in [1.165, 1.54) is 11.3 Å². The van der Waals surface area contributed by atoms with Gasteiger partial charge >= 0.3 is 0 Å². The number of fused-ring (bicyclic) bond motifs is 1. The molecule has 0 spiro atoms. The molecule has 2 N–H and O–H groups in total. The fourth-order valence-electron chi connectivity index (χ4n) is 2.94. The first kappa shape index (κ1) is 18.7. The Morgan fingerprint density at radius 3 is 2.81 bits per heavy atom. The molecule has 0 aliphatic heterocycles. The number of nitrogens with zero attached hydrogens (tertiary/aromatic N) is 2. The van der Waals surface area contributed by atoms with E-state index in [1.54, 1.807) is 14.0 Å². The smallest absolute Gasteiger partial charge is 0.260 e. The summed E-state index contributed by atoms with van der Waals surface area (Å²) in [6.07, 6.45) is -0.464. The zero-order chi connectivity index (χ0) is 18.5. The van der Waals surface area contributed by atoms with E-state index in [0.29, 0.717) is 37.5 Å². The number of hydrogen-bond donors (Lipinski definition) is 2. The molecule has 0 radical (unpaired) electrons. The predicted molar refractivity (Wildman–Crippen MR) is 105 cm³/mol. The molecule has 3 aromatic rings. The number of ether oxygens (including phenoxy) is 1. The minimum absolute atomic E-state index is 0.131. The summed E-state index contributed by atoms with van der Waals surface area (Å²) in [5.74, 6) is 0.598. The van der Waals surface area contributed by atoms with Gasteiger partial charge in [-0.3, -0.25) is 9.69 Å². The van der Waals surface area contributed by atoms with Gasteiger partial charge in [0.05, 0.1) is 24.6 Å². The number of benzene rings is 1. The van der Waals surface area contributed by atoms with Gasteiger partial charge < -0.3 is 14.8 Å². The Morgan fingerprint density at radius 2 is 2.12 bits per heavy atom. The summed E-state index contributed by atoms with van der Waals surface area (Å²) in [6, 6.07) is 9.85. The third kappa shape index (κ3) is 4.37. The molecule has 7 heteroatoms. The molecular weight excluding hydrogens is 350 g/mol. The Labute approximate surface area is 156 Å². The molecule has 0 amide bonds. The van der Waals surface area contributed by atoms with E-state index >= 15 is 0 Å². The van der Waals surface area contributed by atoms with Crippen LogP contribution in [0.5, 0.6) is 0 Å². The zero-order valence-corrected chi connectivity index (χ0v) is 15.8. The molecule has 0 aliphatic rings. The molecule has 0 bridgehead atoms. The maximum absolute atomic E-state index is 12.7. The lowest BCUT2D eigenvalue weighted by Gasteiger charge is -2.22. The van der Waals surface area contributed by atoms with Gasteiger partial charge in [0.25, 0.3) is 5.56 Å². The van der Waals surface area contributed by atoms with Gasteiger partial charge in [-0.25, -0.2) is 4.98 Å². The molecule has 2 heterocycles. The number of aliphatic hydroxyl groups is 1. The number of aliphatic hydroxyl groups excluding tert-OH is 1. The summed E-state index contributed by atoms with van der Waals surface area (Å²) >= 11 is 1.47. The topological polar surface area (TPSA) is 78.5 Å². The van der Waals surface area contributed by atoms with Crippen molar-refractivity contribution in [3.05, 3.63) is 51.9 Å². The Kier molecular flexibility index (Phi) is 6.16. The van der Waals surface area contributed by atoms with Crippen LogP contribution in [0.15, 0.2) is 40.5 Å². The van der Waals surface area contributed by atoms with Crippen LogP contribution in [0.3, 0.4) is 0 Å². The molecule has 26 heavy (non-hydrogen) atoms. The first-order valence-electron chi connectivity index (χ1n) is 8.53. The lowest BCUT2D eigenvalue weighted by molar-refractivity contribution is 0.0925. The van der Waals surface area contributed by atoms with Crippen LogP contribution in [0.25, 0.3) is 21.3 Å². The van der Waals surface area contributed by atoms with Crippen LogP contribution in [-0.4, -0.2) is 52.9 Å². The summed E-state index contributed by atoms with van der Waals surface area (Å²) in [6.45, 7) is 3.90. The zero-order valence-electron chi connectivity index (χ0n) is 14.9. The number of aromatic nitrogens is 2. The minimum atomic E-state index is -0.464. The molecule has 0 saturated carbocycles. The normalized spacial score (nSPS) is 12.8. The second-order valence-corrected chi connectivity index (χ2v) is 7.14. The highest BCUT2D eigenvalue weighted by molar-refractivity contribution is 7.17. The van der Waals surface area contributed by atoms with Crippen LogP contribution in [0.4, 0.5) is 0 Å². The number of rotatable bonds is 8. The Balaban J connectivity index is 1.90. The van der Waals surface area contributed by atoms with Crippen molar-refractivity contribution < 1.29 is 9.84 Å². The molecular formula is C19H23N3O3S. The fraction of sp³-hybridized carbons (Fsp3) is 0.368. The number of hydrogen-bond acceptors (Lipinski definition) is 6. The SMILES string of the molecule is COCCN(Cc1nc2scc(-c3ccccc3)c2c(=O)[nH]1)CC(C)O. The molecule has 0 saturated heterocycles. The number of H-pyrrole nitrogens is 1. The van der Waals surface area contributed by atoms with Gasteiger partial charge in [0.1, 0.15) is 10.7 Å². The first-order chi connectivity index (χ1) is 12.6. The summed E-state index contributed by atoms with van der Waals surface area (Å²) in [4.78, 5) is 23.0. The van der Waals surface area contributed by atoms with E-state index in [1.807, 2.05) is 40.6 Å². The molecule has 6 nitrogen and oxygen atoms in total. The van der Waals surface area contributed by atoms with E-state index in [4.69, 9.17) is 4.74 Å². The Hall–Kier alpha value is -2.06. The average molecular weight is 373 g/mol. The summed E-state index contributed by atoms with van der Waals surface area (Å²) in [5, 5.41) is 12.3. The van der Waals surface area contributed by atoms with Crippen molar-refractivity contribution in [2.75, 3.05) is 26.8 Å². The highest BCUT2D eigenvalue weighted by atomic mass is 32.1. The quantitative estimate of drug-likeness (QED) is 0.634. The fourth-order valence-corrected chi connectivity index (χ4v) is 3.91. The third-order valence-electron chi connectivity index (χ3n) is 4.09. The van der Waals surface area contributed by atoms with Crippen molar-refractivity contribution in [2.24, 2.45) is 0 Å². The van der Waals surface area contributed by atoms with Gasteiger partial charge in [-0.2, -0.15) is 0 Å². The van der Waals surface area contributed by atoms with Gasteiger partial charge in [0.2, 0.25) is 0 Å². The molecule has 0 fully saturated rings. The lowest BCUT2D eigenvalue weighted by atomic mass is 10.1. The first-order valence-corrected chi connectivity index (χ1v) is 9.41. The van der Waals surface area contributed by atoms with Crippen LogP contribution in [0, 0.1) is 0 Å². The van der Waals surface area contributed by atoms with Gasteiger partial charge in [-0.05, 0) is 12.5 Å². The standard InChI is InChI=1S/C19H23N3O3S/c1-13(23)10-22(8-9-25-2)11-16-20-18(24)17-15(12-26-19(17)21-16)14-6-4-3-5-7-14/h3-7,12-13,23H,8-11H2,1-2H3,(H,20,21,24). The number of methoxy groups -OCH3 is 1. The van der Waals surface area contributed by atoms with E-state index in [9.17, 15) is 9.90 Å². The van der Waals surface area contributed by atoms with Crippen molar-refractivity contribution >= 4 is 21.6 Å². The maximum atomic E-state index is 12.7. The predicted octanol–water partition coefficient (Wildman–Crippen LogP) is 2.48. The van der Waals surface area contributed by atoms with E-state index in [0.717, 1.165) is 16.0 Å². The number of aromatic amines is 1. The van der Waals surface area contributed by atoms with Crippen molar-refractivity contribution in [2.45, 2.75) is 19.6 Å². The third-order valence-corrected chi connectivity index (χ3v) is 4.96. The van der Waals surface area contributed by atoms with Crippen LogP contribution in [0.2, 0.25) is 0 Å². The van der Waals surface area contributed by atoms with Crippen LogP contribution in [-0.2, 0) is 11.3 Å². The maximum Gasteiger partial charge on any atom is 0.260 e. The van der Waals surface area contributed by atoms with E-state index in [2.05, 4.69) is 9.97 Å². The lowest BCUT2D eigenvalue weighted by Crippen LogP contribution is -2.34. The molecule has 2 aromatic heterocycles. The molecule has 1 aromatic carbocycles. The van der Waals surface area contributed by atoms with Crippen molar-refractivity contribution in [1.82, 2.24) is 14.9 Å². The molecule has 0 aliphatic carbocycles. The van der Waals surface area contributed by atoms with Crippen LogP contribution >= 0.6 is 11.3 Å². The van der Waals surface area contributed by atoms with Crippen molar-refractivity contribution in [3.8, 4) is 11.1 Å². The van der Waals surface area contributed by atoms with Gasteiger partial charge in [-0.15, -0.1) is 11.3 Å². The van der Waals surface area contributed by atoms with Gasteiger partial charge in [0.15, 0.2) is 0 Å². The molecule has 1 unspecified atom stereocenters. The van der Waals surface area contributed by atoms with Crippen LogP contribution < -0.4 is 5.56 Å². The molecule has 138 valence electrons. The summed E-state index contributed by atoms with van der Waals surface area (Å²) in [7, 11) is 1.64. The average Bonchev–Trinajstić information content (AvgIpc) is 3.04. The van der Waals surface area contributed by atoms with Gasteiger partial charge in [0, 0.05) is 31.1 Å². The second-order valence-electron chi connectivity index (χ2n) is 6.29. The molecule has 3 rings (SSSR count). The van der Waals surface area contributed by atoms with E-state index < -0.39 is 6.10 Å². The van der Waals surface area contributed by atoms with Crippen molar-refractivity contribution in [1.29, 1.82) is 0 Å².